The molecule has 0 amide bonds. The summed E-state index contributed by atoms with van der Waals surface area (Å²) >= 11 is 7.49. The topological polar surface area (TPSA) is 73.5 Å². The van der Waals surface area contributed by atoms with Crippen LogP contribution in [-0.4, -0.2) is 38.6 Å². The van der Waals surface area contributed by atoms with Crippen LogP contribution in [0.1, 0.15) is 51.5 Å². The average molecular weight is 701 g/mol. The molecule has 6 rings (SSSR count). The highest BCUT2D eigenvalue weighted by Crippen LogP contribution is 2.48. The molecule has 11 heteroatoms. The van der Waals surface area contributed by atoms with Gasteiger partial charge in [0.2, 0.25) is 15.9 Å². The van der Waals surface area contributed by atoms with Crippen LogP contribution in [0.3, 0.4) is 0 Å². The van der Waals surface area contributed by atoms with Gasteiger partial charge in [-0.25, -0.2) is 8.42 Å². The van der Waals surface area contributed by atoms with Crippen LogP contribution >= 0.6 is 46.6 Å². The highest BCUT2D eigenvalue weighted by molar-refractivity contribution is 8.03. The number of hydrogen-bond acceptors (Lipinski definition) is 9. The highest BCUT2D eigenvalue weighted by atomic mass is 32.3. The fourth-order valence-electron chi connectivity index (χ4n) is 5.98. The van der Waals surface area contributed by atoms with Crippen molar-refractivity contribution in [1.29, 1.82) is 0 Å². The van der Waals surface area contributed by atoms with Gasteiger partial charge < -0.3 is 9.45 Å². The summed E-state index contributed by atoms with van der Waals surface area (Å²) in [5, 5.41) is 2.74. The molecule has 240 valence electrons. The number of thiazole rings is 1. The van der Waals surface area contributed by atoms with Crippen molar-refractivity contribution in [3.05, 3.63) is 81.4 Å². The number of hydrogen-bond donors (Lipinski definition) is 0. The van der Waals surface area contributed by atoms with E-state index in [2.05, 4.69) is 101 Å². The quantitative estimate of drug-likeness (QED) is 0.0998. The van der Waals surface area contributed by atoms with Crippen molar-refractivity contribution in [2.45, 2.75) is 67.7 Å². The van der Waals surface area contributed by atoms with Gasteiger partial charge in [-0.3, -0.25) is 4.18 Å². The van der Waals surface area contributed by atoms with Gasteiger partial charge in [-0.2, -0.15) is 4.57 Å². The van der Waals surface area contributed by atoms with E-state index in [1.807, 2.05) is 46.6 Å². The van der Waals surface area contributed by atoms with Gasteiger partial charge in [0.1, 0.15) is 11.2 Å². The van der Waals surface area contributed by atoms with Gasteiger partial charge in [0.25, 0.3) is 5.01 Å². The van der Waals surface area contributed by atoms with Crippen molar-refractivity contribution in [1.82, 2.24) is 0 Å². The molecule has 1 aromatic heterocycles. The minimum absolute atomic E-state index is 0.0914. The first-order valence-electron chi connectivity index (χ1n) is 15.2. The molecule has 6 nitrogen and oxygen atoms in total. The first-order chi connectivity index (χ1) is 21.7. The number of nitrogens with zero attached hydrogens (tertiary/aromatic N) is 2. The summed E-state index contributed by atoms with van der Waals surface area (Å²) in [7, 11) is -4.42. The second-order valence-electron chi connectivity index (χ2n) is 10.9. The molecule has 0 bridgehead atoms. The zero-order valence-electron chi connectivity index (χ0n) is 26.4. The maximum Gasteiger partial charge on any atom is 0.263 e. The number of thioether (sulfide) groups is 3. The van der Waals surface area contributed by atoms with E-state index in [0.717, 1.165) is 13.1 Å². The van der Waals surface area contributed by atoms with E-state index in [4.69, 9.17) is 0 Å². The maximum absolute atomic E-state index is 9.45. The number of anilines is 1. The third-order valence-electron chi connectivity index (χ3n) is 8.13. The summed E-state index contributed by atoms with van der Waals surface area (Å²) in [6, 6.07) is 13.8. The highest BCUT2D eigenvalue weighted by Gasteiger charge is 2.27. The number of benzene rings is 2. The van der Waals surface area contributed by atoms with Crippen molar-refractivity contribution in [2.75, 3.05) is 30.6 Å². The summed E-state index contributed by atoms with van der Waals surface area (Å²) in [5.41, 5.74) is 7.21. The first-order valence-corrected chi connectivity index (χ1v) is 20.7. The Morgan fingerprint density at radius 1 is 1.02 bits per heavy atom. The van der Waals surface area contributed by atoms with Gasteiger partial charge in [0.15, 0.2) is 0 Å². The lowest BCUT2D eigenvalue weighted by molar-refractivity contribution is -0.665. The van der Waals surface area contributed by atoms with Gasteiger partial charge in [-0.05, 0) is 118 Å². The van der Waals surface area contributed by atoms with Crippen LogP contribution in [0.25, 0.3) is 16.3 Å². The Hall–Kier alpha value is -1.99. The van der Waals surface area contributed by atoms with Gasteiger partial charge in [-0.1, -0.05) is 35.3 Å². The van der Waals surface area contributed by atoms with E-state index in [0.29, 0.717) is 5.92 Å². The summed E-state index contributed by atoms with van der Waals surface area (Å²) in [6.07, 6.45) is 19.1. The number of rotatable bonds is 8. The Balaban J connectivity index is 0.000000515. The largest absolute Gasteiger partial charge is 0.726 e. The number of allylic oxidation sites excluding steroid dienone is 6. The summed E-state index contributed by atoms with van der Waals surface area (Å²) in [4.78, 5) is 6.54. The normalized spacial score (nSPS) is 19.7. The molecule has 3 aliphatic rings. The molecule has 0 spiro atoms. The Bertz CT molecular complexity index is 1790. The predicted octanol–water partition coefficient (Wildman–Crippen LogP) is 9.05. The molecule has 1 atom stereocenters. The minimum atomic E-state index is -4.42. The summed E-state index contributed by atoms with van der Waals surface area (Å²) in [5.74, 6) is 0.707. The van der Waals surface area contributed by atoms with E-state index in [-0.39, 0.29) is 6.61 Å². The van der Waals surface area contributed by atoms with Crippen molar-refractivity contribution in [2.24, 2.45) is 5.92 Å². The third-order valence-corrected chi connectivity index (χ3v) is 12.3. The van der Waals surface area contributed by atoms with Crippen molar-refractivity contribution in [3.63, 3.8) is 0 Å². The predicted molar refractivity (Wildman–Crippen MR) is 192 cm³/mol. The van der Waals surface area contributed by atoms with E-state index in [1.54, 1.807) is 0 Å². The van der Waals surface area contributed by atoms with E-state index in [9.17, 15) is 13.0 Å². The van der Waals surface area contributed by atoms with Gasteiger partial charge >= 0.3 is 0 Å². The Labute approximate surface area is 284 Å². The lowest BCUT2D eigenvalue weighted by atomic mass is 9.77. The third kappa shape index (κ3) is 8.30. The van der Waals surface area contributed by atoms with Crippen LogP contribution in [0, 0.1) is 5.92 Å². The van der Waals surface area contributed by atoms with Gasteiger partial charge in [-0.15, -0.1) is 23.5 Å². The summed E-state index contributed by atoms with van der Waals surface area (Å²) < 4.78 is 35.9. The zero-order valence-corrected chi connectivity index (χ0v) is 30.5. The Morgan fingerprint density at radius 2 is 1.76 bits per heavy atom. The average Bonchev–Trinajstić information content (AvgIpc) is 3.55. The molecule has 0 saturated carbocycles. The number of aromatic nitrogens is 1. The molecule has 0 N–H and O–H groups in total. The molecule has 0 radical (unpaired) electrons. The molecule has 45 heavy (non-hydrogen) atoms. The first kappa shape index (κ1) is 34.3. The fourth-order valence-corrected chi connectivity index (χ4v) is 9.50. The molecule has 3 aromatic rings. The smallest absolute Gasteiger partial charge is 0.263 e. The van der Waals surface area contributed by atoms with E-state index >= 15 is 0 Å². The SMILES string of the molecule is CCN1/C(=C/C2=CC3=C/C(=C/c4sc5ccc(SC)cc5[n+]4CC)CCC3CC2)Sc2ccc(SC)cc21.CCOS(=O)(=O)[O-]. The standard InChI is InChI=1S/C32H35N2S4.C2H6O4S/c1-5-33-27-19-25(35-3)11-13-29(27)37-31(33)17-21-7-9-23-10-8-22(16-24(23)15-21)18-32-34(6-2)28-20-26(36-4)12-14-30(28)38-32;1-2-6-7(3,4)5/h11-20,23H,5-10H2,1-4H3;2H2,1H3,(H,3,4,5)/q+1;/p-1. The Kier molecular flexibility index (Phi) is 11.7. The zero-order chi connectivity index (χ0) is 32.1. The van der Waals surface area contributed by atoms with Crippen LogP contribution in [0.15, 0.2) is 91.1 Å². The monoisotopic (exact) mass is 700 g/mol. The summed E-state index contributed by atoms with van der Waals surface area (Å²) in [6.45, 7) is 7.86. The van der Waals surface area contributed by atoms with Crippen molar-refractivity contribution >= 4 is 79.0 Å². The molecule has 0 fully saturated rings. The molecular formula is C34H40N2O4S5. The molecule has 1 aliphatic heterocycles. The minimum Gasteiger partial charge on any atom is -0.726 e. The van der Waals surface area contributed by atoms with Crippen LogP contribution in [0.5, 0.6) is 0 Å². The van der Waals surface area contributed by atoms with Crippen molar-refractivity contribution in [3.8, 4) is 0 Å². The number of aryl methyl sites for hydroxylation is 1. The second-order valence-corrected chi connectivity index (χ2v) is 15.8. The fraction of sp³-hybridized carbons (Fsp3) is 0.382. The van der Waals surface area contributed by atoms with Crippen LogP contribution in [-0.2, 0) is 21.1 Å². The number of fused-ring (bicyclic) bond motifs is 3. The molecular weight excluding hydrogens is 661 g/mol. The lowest BCUT2D eigenvalue weighted by Gasteiger charge is -2.28. The molecule has 0 saturated heterocycles. The van der Waals surface area contributed by atoms with Crippen LogP contribution in [0.4, 0.5) is 5.69 Å². The van der Waals surface area contributed by atoms with Gasteiger partial charge in [0.05, 0.1) is 17.3 Å². The molecule has 2 aliphatic carbocycles. The Morgan fingerprint density at radius 3 is 2.42 bits per heavy atom. The van der Waals surface area contributed by atoms with Gasteiger partial charge in [0, 0.05) is 33.4 Å². The molecule has 2 heterocycles. The molecule has 2 aromatic carbocycles. The maximum atomic E-state index is 9.45. The second kappa shape index (κ2) is 15.3. The van der Waals surface area contributed by atoms with Crippen LogP contribution in [0.2, 0.25) is 0 Å². The van der Waals surface area contributed by atoms with Crippen LogP contribution < -0.4 is 9.47 Å². The van der Waals surface area contributed by atoms with Crippen molar-refractivity contribution < 1.29 is 21.7 Å². The van der Waals surface area contributed by atoms with E-state index < -0.39 is 10.4 Å². The molecule has 1 unspecified atom stereocenters. The lowest BCUT2D eigenvalue weighted by Crippen LogP contribution is -2.33. The van der Waals surface area contributed by atoms with E-state index in [1.165, 1.54) is 90.0 Å².